The Morgan fingerprint density at radius 1 is 0.844 bits per heavy atom. The molecule has 0 spiro atoms. The molecule has 2 nitrogen and oxygen atoms in total. The molecule has 8 atom stereocenters. The molecule has 8 unspecified atom stereocenters. The first-order chi connectivity index (χ1) is 14.6. The summed E-state index contributed by atoms with van der Waals surface area (Å²) in [5.74, 6) is 1.49. The minimum atomic E-state index is -0.245. The number of carbonyl (C=O) groups excluding carboxylic acids is 1. The molecule has 0 aromatic rings. The molecule has 0 radical (unpaired) electrons. The minimum Gasteiger partial charge on any atom is -0.393 e. The average Bonchev–Trinajstić information content (AvgIpc) is 2.68. The molecule has 0 aromatic heterocycles. The summed E-state index contributed by atoms with van der Waals surface area (Å²) >= 11 is 0. The summed E-state index contributed by atoms with van der Waals surface area (Å²) in [4.78, 5) is 14.2. The first kappa shape index (κ1) is 23.1. The number of rotatable bonds is 0. The highest BCUT2D eigenvalue weighted by Gasteiger charge is 2.69. The lowest BCUT2D eigenvalue weighted by atomic mass is 9.33. The SMILES string of the molecule is CC1(C)CCC2(C)CCC3(C)C(=CC(=O)C4C5(C)CCC(O)C(C)(C)C5CCC43C)C2C1. The summed E-state index contributed by atoms with van der Waals surface area (Å²) in [5, 5.41) is 10.9. The number of aliphatic hydroxyl groups is 1. The van der Waals surface area contributed by atoms with Gasteiger partial charge >= 0.3 is 0 Å². The van der Waals surface area contributed by atoms with Crippen molar-refractivity contribution in [3.63, 3.8) is 0 Å². The summed E-state index contributed by atoms with van der Waals surface area (Å²) in [7, 11) is 0. The summed E-state index contributed by atoms with van der Waals surface area (Å²) < 4.78 is 0. The van der Waals surface area contributed by atoms with Gasteiger partial charge in [0.1, 0.15) is 0 Å². The lowest BCUT2D eigenvalue weighted by Crippen LogP contribution is -2.66. The molecule has 0 heterocycles. The summed E-state index contributed by atoms with van der Waals surface area (Å²) in [6.45, 7) is 19.4. The predicted molar refractivity (Wildman–Crippen MR) is 131 cm³/mol. The van der Waals surface area contributed by atoms with Crippen LogP contribution in [0.4, 0.5) is 0 Å². The molecule has 0 aromatic carbocycles. The molecule has 5 aliphatic rings. The van der Waals surface area contributed by atoms with Gasteiger partial charge in [-0.3, -0.25) is 4.79 Å². The molecule has 0 saturated heterocycles. The maximum absolute atomic E-state index is 14.2. The molecule has 4 saturated carbocycles. The van der Waals surface area contributed by atoms with Gasteiger partial charge < -0.3 is 5.11 Å². The molecule has 5 aliphatic carbocycles. The molecule has 1 N–H and O–H groups in total. The van der Waals surface area contributed by atoms with Crippen LogP contribution in [0.2, 0.25) is 0 Å². The Morgan fingerprint density at radius 3 is 2.19 bits per heavy atom. The quantitative estimate of drug-likeness (QED) is 0.427. The standard InChI is InChI=1S/C30H48O2/c1-25(2)13-14-27(5)15-16-29(7)19(20(27)18-25)17-21(31)24-28(6)11-10-23(32)26(3,4)22(28)9-12-30(24,29)8/h17,20,22-24,32H,9-16,18H2,1-8H3. The van der Waals surface area contributed by atoms with Crippen molar-refractivity contribution in [1.82, 2.24) is 0 Å². The fourth-order valence-corrected chi connectivity index (χ4v) is 10.3. The Kier molecular flexibility index (Phi) is 4.71. The van der Waals surface area contributed by atoms with Gasteiger partial charge in [-0.15, -0.1) is 0 Å². The Morgan fingerprint density at radius 2 is 1.50 bits per heavy atom. The van der Waals surface area contributed by atoms with Gasteiger partial charge in [0.15, 0.2) is 5.78 Å². The normalized spacial score (nSPS) is 53.9. The van der Waals surface area contributed by atoms with Crippen LogP contribution in [0.25, 0.3) is 0 Å². The summed E-state index contributed by atoms with van der Waals surface area (Å²) in [6, 6.07) is 0. The van der Waals surface area contributed by atoms with Crippen molar-refractivity contribution < 1.29 is 9.90 Å². The molecular weight excluding hydrogens is 392 g/mol. The molecule has 0 bridgehead atoms. The number of allylic oxidation sites excluding steroid dienone is 2. The lowest BCUT2D eigenvalue weighted by Gasteiger charge is -2.70. The maximum atomic E-state index is 14.2. The second-order valence-electron chi connectivity index (χ2n) is 15.2. The van der Waals surface area contributed by atoms with Gasteiger partial charge in [0.05, 0.1) is 6.10 Å². The zero-order valence-electron chi connectivity index (χ0n) is 22.1. The molecule has 0 aliphatic heterocycles. The van der Waals surface area contributed by atoms with Gasteiger partial charge in [-0.2, -0.15) is 0 Å². The first-order valence-corrected chi connectivity index (χ1v) is 13.5. The van der Waals surface area contributed by atoms with E-state index in [2.05, 4.69) is 61.5 Å². The van der Waals surface area contributed by atoms with Crippen LogP contribution in [0.5, 0.6) is 0 Å². The van der Waals surface area contributed by atoms with E-state index in [1.807, 2.05) is 0 Å². The van der Waals surface area contributed by atoms with Crippen LogP contribution < -0.4 is 0 Å². The zero-order valence-corrected chi connectivity index (χ0v) is 22.1. The predicted octanol–water partition coefficient (Wildman–Crippen LogP) is 7.35. The highest BCUT2D eigenvalue weighted by molar-refractivity contribution is 5.95. The second kappa shape index (κ2) is 6.52. The van der Waals surface area contributed by atoms with Crippen LogP contribution in [0.1, 0.15) is 113 Å². The number of ketones is 1. The van der Waals surface area contributed by atoms with E-state index >= 15 is 0 Å². The number of hydrogen-bond donors (Lipinski definition) is 1. The van der Waals surface area contributed by atoms with Crippen molar-refractivity contribution in [2.75, 3.05) is 0 Å². The summed E-state index contributed by atoms with van der Waals surface area (Å²) in [5.41, 5.74) is 2.29. The first-order valence-electron chi connectivity index (χ1n) is 13.5. The van der Waals surface area contributed by atoms with E-state index in [4.69, 9.17) is 0 Å². The number of carbonyl (C=O) groups is 1. The van der Waals surface area contributed by atoms with Crippen molar-refractivity contribution in [1.29, 1.82) is 0 Å². The van der Waals surface area contributed by atoms with Crippen LogP contribution in [-0.4, -0.2) is 17.0 Å². The van der Waals surface area contributed by atoms with Crippen LogP contribution in [-0.2, 0) is 4.79 Å². The van der Waals surface area contributed by atoms with Crippen molar-refractivity contribution in [3.05, 3.63) is 11.6 Å². The lowest BCUT2D eigenvalue weighted by molar-refractivity contribution is -0.202. The highest BCUT2D eigenvalue weighted by atomic mass is 16.3. The Hall–Kier alpha value is -0.630. The molecule has 4 fully saturated rings. The van der Waals surface area contributed by atoms with E-state index < -0.39 is 0 Å². The van der Waals surface area contributed by atoms with E-state index in [0.717, 1.165) is 25.7 Å². The fourth-order valence-electron chi connectivity index (χ4n) is 10.3. The van der Waals surface area contributed by atoms with Crippen LogP contribution in [0.15, 0.2) is 11.6 Å². The van der Waals surface area contributed by atoms with Crippen LogP contribution in [0.3, 0.4) is 0 Å². The van der Waals surface area contributed by atoms with Crippen molar-refractivity contribution >= 4 is 5.78 Å². The van der Waals surface area contributed by atoms with Gasteiger partial charge in [-0.25, -0.2) is 0 Å². The maximum Gasteiger partial charge on any atom is 0.159 e. The van der Waals surface area contributed by atoms with Gasteiger partial charge in [0, 0.05) is 5.92 Å². The molecule has 5 rings (SSSR count). The van der Waals surface area contributed by atoms with Gasteiger partial charge in [-0.1, -0.05) is 61.0 Å². The van der Waals surface area contributed by atoms with E-state index in [1.165, 1.54) is 37.7 Å². The van der Waals surface area contributed by atoms with E-state index in [1.54, 1.807) is 0 Å². The molecule has 2 heteroatoms. The van der Waals surface area contributed by atoms with Crippen LogP contribution >= 0.6 is 0 Å². The van der Waals surface area contributed by atoms with E-state index in [9.17, 15) is 9.90 Å². The van der Waals surface area contributed by atoms with E-state index in [0.29, 0.717) is 28.4 Å². The van der Waals surface area contributed by atoms with Crippen molar-refractivity contribution in [2.24, 2.45) is 50.2 Å². The van der Waals surface area contributed by atoms with Crippen LogP contribution in [0, 0.1) is 50.2 Å². The van der Waals surface area contributed by atoms with Crippen molar-refractivity contribution in [2.45, 2.75) is 119 Å². The largest absolute Gasteiger partial charge is 0.393 e. The second-order valence-corrected chi connectivity index (χ2v) is 15.2. The van der Waals surface area contributed by atoms with E-state index in [-0.39, 0.29) is 33.7 Å². The Balaban J connectivity index is 1.63. The smallest absolute Gasteiger partial charge is 0.159 e. The highest BCUT2D eigenvalue weighted by Crippen LogP contribution is 2.75. The monoisotopic (exact) mass is 440 g/mol. The third-order valence-electron chi connectivity index (χ3n) is 12.8. The summed E-state index contributed by atoms with van der Waals surface area (Å²) in [6.07, 6.45) is 12.4. The topological polar surface area (TPSA) is 37.3 Å². The number of aliphatic hydroxyl groups excluding tert-OH is 1. The Bertz CT molecular complexity index is 866. The average molecular weight is 441 g/mol. The third kappa shape index (κ3) is 2.71. The molecule has 180 valence electrons. The minimum absolute atomic E-state index is 0.00948. The zero-order chi connectivity index (χ0) is 23.5. The Labute approximate surface area is 197 Å². The fraction of sp³-hybridized carbons (Fsp3) is 0.900. The molecular formula is C30H48O2. The number of fused-ring (bicyclic) bond motifs is 7. The van der Waals surface area contributed by atoms with Gasteiger partial charge in [0.25, 0.3) is 0 Å². The van der Waals surface area contributed by atoms with Crippen molar-refractivity contribution in [3.8, 4) is 0 Å². The third-order valence-corrected chi connectivity index (χ3v) is 12.8. The van der Waals surface area contributed by atoms with Gasteiger partial charge in [-0.05, 0) is 108 Å². The number of hydrogen-bond acceptors (Lipinski definition) is 2. The van der Waals surface area contributed by atoms with Gasteiger partial charge in [0.2, 0.25) is 0 Å². The molecule has 32 heavy (non-hydrogen) atoms. The molecule has 0 amide bonds.